The Labute approximate surface area is 151 Å². The molecule has 24 heavy (non-hydrogen) atoms. The number of para-hydroxylation sites is 1. The number of thioether (sulfide) groups is 1. The summed E-state index contributed by atoms with van der Waals surface area (Å²) in [5, 5.41) is 0. The molecule has 0 atom stereocenters. The van der Waals surface area contributed by atoms with Crippen molar-refractivity contribution in [2.45, 2.75) is 38.1 Å². The maximum absolute atomic E-state index is 12.8. The number of carbonyl (C=O) groups is 1. The van der Waals surface area contributed by atoms with E-state index in [1.807, 2.05) is 35.2 Å². The number of rotatable bonds is 2. The second-order valence-corrected chi connectivity index (χ2v) is 8.07. The topological polar surface area (TPSA) is 29.5 Å². The van der Waals surface area contributed by atoms with Crippen LogP contribution in [0.1, 0.15) is 37.7 Å². The van der Waals surface area contributed by atoms with Gasteiger partial charge < -0.3 is 4.74 Å². The van der Waals surface area contributed by atoms with Gasteiger partial charge in [0.1, 0.15) is 16.7 Å². The van der Waals surface area contributed by atoms with Crippen LogP contribution in [0.25, 0.3) is 6.08 Å². The van der Waals surface area contributed by atoms with Gasteiger partial charge in [-0.05, 0) is 36.6 Å². The summed E-state index contributed by atoms with van der Waals surface area (Å²) in [6, 6.07) is 8.23. The Kier molecular flexibility index (Phi) is 4.46. The van der Waals surface area contributed by atoms with Gasteiger partial charge in [0.05, 0.1) is 4.91 Å². The van der Waals surface area contributed by atoms with E-state index in [9.17, 15) is 4.79 Å². The zero-order valence-corrected chi connectivity index (χ0v) is 15.0. The van der Waals surface area contributed by atoms with Crippen molar-refractivity contribution in [3.63, 3.8) is 0 Å². The van der Waals surface area contributed by atoms with Gasteiger partial charge in [0.2, 0.25) is 0 Å². The molecule has 1 aromatic carbocycles. The largest absolute Gasteiger partial charge is 0.488 e. The number of fused-ring (bicyclic) bond motifs is 1. The summed E-state index contributed by atoms with van der Waals surface area (Å²) in [7, 11) is 0. The molecule has 0 aromatic heterocycles. The van der Waals surface area contributed by atoms with Gasteiger partial charge in [0, 0.05) is 11.6 Å². The first-order chi connectivity index (χ1) is 11.7. The Morgan fingerprint density at radius 1 is 1.21 bits per heavy atom. The van der Waals surface area contributed by atoms with E-state index in [1.54, 1.807) is 0 Å². The van der Waals surface area contributed by atoms with E-state index < -0.39 is 0 Å². The summed E-state index contributed by atoms with van der Waals surface area (Å²) in [6.45, 7) is 0.491. The average Bonchev–Trinajstić information content (AvgIpc) is 2.89. The smallest absolute Gasteiger partial charge is 0.266 e. The molecule has 3 nitrogen and oxygen atoms in total. The van der Waals surface area contributed by atoms with E-state index in [1.165, 1.54) is 31.0 Å². The summed E-state index contributed by atoms with van der Waals surface area (Å²) in [6.07, 6.45) is 9.82. The maximum Gasteiger partial charge on any atom is 0.266 e. The van der Waals surface area contributed by atoms with Gasteiger partial charge in [-0.2, -0.15) is 0 Å². The zero-order valence-electron chi connectivity index (χ0n) is 13.4. The van der Waals surface area contributed by atoms with Crippen LogP contribution in [0.2, 0.25) is 0 Å². The first-order valence-corrected chi connectivity index (χ1v) is 9.64. The number of thiocarbonyl (C=S) groups is 1. The molecule has 1 aliphatic carbocycles. The van der Waals surface area contributed by atoms with E-state index in [-0.39, 0.29) is 11.9 Å². The highest BCUT2D eigenvalue weighted by Crippen LogP contribution is 2.37. The molecule has 0 spiro atoms. The predicted molar refractivity (Wildman–Crippen MR) is 102 cm³/mol. The van der Waals surface area contributed by atoms with Gasteiger partial charge in [0.25, 0.3) is 5.91 Å². The Balaban J connectivity index is 1.57. The van der Waals surface area contributed by atoms with Crippen LogP contribution in [0.15, 0.2) is 40.8 Å². The Hall–Kier alpha value is -1.59. The molecule has 2 heterocycles. The molecular weight excluding hydrogens is 338 g/mol. The van der Waals surface area contributed by atoms with Crippen LogP contribution in [0, 0.1) is 0 Å². The zero-order chi connectivity index (χ0) is 16.5. The van der Waals surface area contributed by atoms with Gasteiger partial charge >= 0.3 is 0 Å². The van der Waals surface area contributed by atoms with Gasteiger partial charge in [-0.15, -0.1) is 0 Å². The molecule has 1 saturated carbocycles. The Morgan fingerprint density at radius 3 is 2.83 bits per heavy atom. The summed E-state index contributed by atoms with van der Waals surface area (Å²) in [4.78, 5) is 15.4. The van der Waals surface area contributed by atoms with Crippen LogP contribution in [0.4, 0.5) is 0 Å². The first kappa shape index (κ1) is 15.9. The van der Waals surface area contributed by atoms with E-state index in [0.717, 1.165) is 34.6 Å². The molecule has 0 N–H and O–H groups in total. The highest BCUT2D eigenvalue weighted by molar-refractivity contribution is 8.26. The summed E-state index contributed by atoms with van der Waals surface area (Å²) < 4.78 is 6.48. The van der Waals surface area contributed by atoms with E-state index >= 15 is 0 Å². The molecule has 2 aliphatic heterocycles. The summed E-state index contributed by atoms with van der Waals surface area (Å²) in [5.74, 6) is 0.959. The molecule has 1 aromatic rings. The van der Waals surface area contributed by atoms with Crippen molar-refractivity contribution >= 4 is 40.3 Å². The number of hydrogen-bond acceptors (Lipinski definition) is 4. The molecule has 3 aliphatic rings. The van der Waals surface area contributed by atoms with Gasteiger partial charge in [-0.1, -0.05) is 61.4 Å². The maximum atomic E-state index is 12.8. The van der Waals surface area contributed by atoms with Crippen molar-refractivity contribution in [2.75, 3.05) is 6.61 Å². The normalized spacial score (nSPS) is 23.2. The lowest BCUT2D eigenvalue weighted by Crippen LogP contribution is -2.39. The molecule has 124 valence electrons. The van der Waals surface area contributed by atoms with Crippen LogP contribution >= 0.6 is 24.0 Å². The van der Waals surface area contributed by atoms with Crippen LogP contribution in [-0.2, 0) is 4.79 Å². The molecule has 5 heteroatoms. The van der Waals surface area contributed by atoms with Crippen molar-refractivity contribution in [1.29, 1.82) is 0 Å². The molecular formula is C19H19NO2S2. The lowest BCUT2D eigenvalue weighted by molar-refractivity contribution is -0.124. The number of amides is 1. The third-order valence-corrected chi connectivity index (χ3v) is 6.06. The lowest BCUT2D eigenvalue weighted by Gasteiger charge is -2.29. The fourth-order valence-electron chi connectivity index (χ4n) is 3.52. The molecule has 0 bridgehead atoms. The number of carbonyl (C=O) groups excluding carboxylic acids is 1. The minimum absolute atomic E-state index is 0.0664. The monoisotopic (exact) mass is 357 g/mol. The van der Waals surface area contributed by atoms with Gasteiger partial charge in [0.15, 0.2) is 0 Å². The van der Waals surface area contributed by atoms with Crippen molar-refractivity contribution < 1.29 is 9.53 Å². The van der Waals surface area contributed by atoms with Crippen LogP contribution in [0.3, 0.4) is 0 Å². The fraction of sp³-hybridized carbons (Fsp3) is 0.368. The lowest BCUT2D eigenvalue weighted by atomic mass is 9.94. The molecule has 4 rings (SSSR count). The van der Waals surface area contributed by atoms with Gasteiger partial charge in [-0.3, -0.25) is 9.69 Å². The van der Waals surface area contributed by atoms with Crippen molar-refractivity contribution in [1.82, 2.24) is 4.90 Å². The van der Waals surface area contributed by atoms with E-state index in [4.69, 9.17) is 17.0 Å². The van der Waals surface area contributed by atoms with Crippen molar-refractivity contribution in [2.24, 2.45) is 0 Å². The highest BCUT2D eigenvalue weighted by atomic mass is 32.2. The van der Waals surface area contributed by atoms with Crippen LogP contribution in [0.5, 0.6) is 5.75 Å². The second kappa shape index (κ2) is 6.73. The van der Waals surface area contributed by atoms with Crippen LogP contribution in [-0.4, -0.2) is 27.8 Å². The predicted octanol–water partition coefficient (Wildman–Crippen LogP) is 4.54. The third kappa shape index (κ3) is 3.03. The fourth-order valence-corrected chi connectivity index (χ4v) is 4.94. The SMILES string of the molecule is O=C1/C(=C/C2=Cc3ccccc3OC2)SC(=S)N1C1CCCCC1. The van der Waals surface area contributed by atoms with Gasteiger partial charge in [-0.25, -0.2) is 0 Å². The second-order valence-electron chi connectivity index (χ2n) is 6.39. The highest BCUT2D eigenvalue weighted by Gasteiger charge is 2.37. The van der Waals surface area contributed by atoms with E-state index in [0.29, 0.717) is 10.9 Å². The molecule has 1 amide bonds. The molecule has 0 radical (unpaired) electrons. The number of nitrogens with zero attached hydrogens (tertiary/aromatic N) is 1. The minimum atomic E-state index is 0.0664. The van der Waals surface area contributed by atoms with E-state index in [2.05, 4.69) is 6.08 Å². The summed E-state index contributed by atoms with van der Waals surface area (Å²) in [5.41, 5.74) is 2.07. The Morgan fingerprint density at radius 2 is 2.00 bits per heavy atom. The van der Waals surface area contributed by atoms with Crippen molar-refractivity contribution in [3.05, 3.63) is 46.4 Å². The average molecular weight is 358 g/mol. The number of hydrogen-bond donors (Lipinski definition) is 0. The molecule has 0 unspecified atom stereocenters. The molecule has 1 saturated heterocycles. The van der Waals surface area contributed by atoms with Crippen molar-refractivity contribution in [3.8, 4) is 5.75 Å². The number of benzene rings is 1. The molecule has 2 fully saturated rings. The van der Waals surface area contributed by atoms with Crippen LogP contribution < -0.4 is 4.74 Å². The quantitative estimate of drug-likeness (QED) is 0.574. The first-order valence-electron chi connectivity index (χ1n) is 8.42. The third-order valence-electron chi connectivity index (χ3n) is 4.73. The number of ether oxygens (including phenoxy) is 1. The Bertz CT molecular complexity index is 747. The summed E-state index contributed by atoms with van der Waals surface area (Å²) >= 11 is 6.91. The minimum Gasteiger partial charge on any atom is -0.488 e. The standard InChI is InChI=1S/C19H19NO2S2/c21-18-17(24-19(23)20(18)15-7-2-1-3-8-15)11-13-10-14-6-4-5-9-16(14)22-12-13/h4-6,9-11,15H,1-3,7-8,12H2/b17-11-.